The molecule has 0 aromatic heterocycles. The van der Waals surface area contributed by atoms with E-state index in [-0.39, 0.29) is 6.10 Å². The summed E-state index contributed by atoms with van der Waals surface area (Å²) >= 11 is 0. The van der Waals surface area contributed by atoms with Gasteiger partial charge in [-0.2, -0.15) is 0 Å². The monoisotopic (exact) mass is 164 g/mol. The smallest absolute Gasteiger partial charge is 0.0634 e. The first kappa shape index (κ1) is 7.14. The molecule has 0 aromatic carbocycles. The Labute approximate surface area is 73.5 Å². The summed E-state index contributed by atoms with van der Waals surface area (Å²) in [5, 5.41) is 9.96. The first-order chi connectivity index (χ1) is 5.75. The summed E-state index contributed by atoms with van der Waals surface area (Å²) in [4.78, 5) is 0. The number of allylic oxidation sites excluding steroid dienone is 1. The van der Waals surface area contributed by atoms with E-state index < -0.39 is 0 Å². The zero-order valence-corrected chi connectivity index (χ0v) is 7.53. The van der Waals surface area contributed by atoms with Crippen molar-refractivity contribution in [3.8, 4) is 0 Å². The zero-order valence-electron chi connectivity index (χ0n) is 7.53. The maximum atomic E-state index is 9.96. The van der Waals surface area contributed by atoms with Gasteiger partial charge < -0.3 is 5.11 Å². The topological polar surface area (TPSA) is 20.2 Å². The molecule has 5 unspecified atom stereocenters. The van der Waals surface area contributed by atoms with Crippen LogP contribution in [0.25, 0.3) is 0 Å². The minimum atomic E-state index is -0.00236. The molecular formula is C11H16O. The number of hydrogen-bond acceptors (Lipinski definition) is 1. The molecule has 1 nitrogen and oxygen atoms in total. The van der Waals surface area contributed by atoms with Crippen molar-refractivity contribution in [3.05, 3.63) is 11.6 Å². The van der Waals surface area contributed by atoms with Crippen molar-refractivity contribution in [2.24, 2.45) is 23.7 Å². The number of aliphatic hydroxyl groups is 1. The third-order valence-electron chi connectivity index (χ3n) is 4.30. The van der Waals surface area contributed by atoms with Crippen LogP contribution in [-0.4, -0.2) is 11.2 Å². The quantitative estimate of drug-likeness (QED) is 0.543. The molecule has 0 radical (unpaired) electrons. The van der Waals surface area contributed by atoms with Crippen molar-refractivity contribution in [2.45, 2.75) is 32.3 Å². The standard InChI is InChI=1S/C11H16O/c1-6-2-10-8-3-7(6)4-9(5-8)11(10)12/h2,7-12H,3-5H2,1H3. The zero-order chi connectivity index (χ0) is 8.29. The Morgan fingerprint density at radius 3 is 2.83 bits per heavy atom. The first-order valence-corrected chi connectivity index (χ1v) is 5.12. The van der Waals surface area contributed by atoms with Crippen LogP contribution in [0.15, 0.2) is 11.6 Å². The van der Waals surface area contributed by atoms with Crippen molar-refractivity contribution in [1.29, 1.82) is 0 Å². The number of fused-ring (bicyclic) bond motifs is 2. The van der Waals surface area contributed by atoms with Crippen LogP contribution in [0.1, 0.15) is 26.2 Å². The van der Waals surface area contributed by atoms with Crippen LogP contribution >= 0.6 is 0 Å². The molecule has 2 fully saturated rings. The van der Waals surface area contributed by atoms with Gasteiger partial charge >= 0.3 is 0 Å². The molecule has 0 saturated heterocycles. The highest BCUT2D eigenvalue weighted by molar-refractivity contribution is 5.20. The largest absolute Gasteiger partial charge is 0.392 e. The van der Waals surface area contributed by atoms with Gasteiger partial charge in [0.1, 0.15) is 0 Å². The Balaban J connectivity index is 2.05. The highest BCUT2D eigenvalue weighted by Gasteiger charge is 2.49. The molecule has 0 aliphatic heterocycles. The van der Waals surface area contributed by atoms with E-state index in [1.165, 1.54) is 19.3 Å². The number of rotatable bonds is 0. The van der Waals surface area contributed by atoms with E-state index >= 15 is 0 Å². The molecule has 1 N–H and O–H groups in total. The van der Waals surface area contributed by atoms with Crippen molar-refractivity contribution in [3.63, 3.8) is 0 Å². The molecule has 0 heterocycles. The van der Waals surface area contributed by atoms with E-state index in [1.807, 2.05) is 0 Å². The lowest BCUT2D eigenvalue weighted by Crippen LogP contribution is -2.22. The van der Waals surface area contributed by atoms with Gasteiger partial charge in [0.2, 0.25) is 0 Å². The molecule has 5 atom stereocenters. The highest BCUT2D eigenvalue weighted by Crippen LogP contribution is 2.54. The van der Waals surface area contributed by atoms with Gasteiger partial charge in [-0.05, 0) is 43.9 Å². The summed E-state index contributed by atoms with van der Waals surface area (Å²) < 4.78 is 0. The van der Waals surface area contributed by atoms with Crippen LogP contribution in [0.5, 0.6) is 0 Å². The van der Waals surface area contributed by atoms with E-state index in [4.69, 9.17) is 0 Å². The molecule has 0 spiro atoms. The van der Waals surface area contributed by atoms with E-state index in [0.717, 1.165) is 11.8 Å². The summed E-state index contributed by atoms with van der Waals surface area (Å²) in [7, 11) is 0. The van der Waals surface area contributed by atoms with E-state index in [1.54, 1.807) is 5.57 Å². The van der Waals surface area contributed by atoms with Crippen LogP contribution in [0, 0.1) is 23.7 Å². The minimum Gasteiger partial charge on any atom is -0.392 e. The van der Waals surface area contributed by atoms with Gasteiger partial charge in [-0.3, -0.25) is 0 Å². The van der Waals surface area contributed by atoms with Gasteiger partial charge in [0, 0.05) is 5.92 Å². The van der Waals surface area contributed by atoms with Crippen LogP contribution in [0.3, 0.4) is 0 Å². The molecule has 66 valence electrons. The van der Waals surface area contributed by atoms with Gasteiger partial charge in [-0.15, -0.1) is 0 Å². The molecule has 3 aliphatic carbocycles. The lowest BCUT2D eigenvalue weighted by molar-refractivity contribution is 0.106. The summed E-state index contributed by atoms with van der Waals surface area (Å²) in [5.74, 6) is 2.80. The molecule has 0 amide bonds. The Morgan fingerprint density at radius 1 is 1.25 bits per heavy atom. The Bertz CT molecular complexity index is 241. The Hall–Kier alpha value is -0.300. The average Bonchev–Trinajstić information content (AvgIpc) is 2.23. The molecule has 0 aromatic rings. The molecular weight excluding hydrogens is 148 g/mol. The van der Waals surface area contributed by atoms with Crippen LogP contribution in [0.2, 0.25) is 0 Å². The summed E-state index contributed by atoms with van der Waals surface area (Å²) in [6.07, 6.45) is 6.28. The first-order valence-electron chi connectivity index (χ1n) is 5.12. The molecule has 3 bridgehead atoms. The molecule has 2 saturated carbocycles. The normalized spacial score (nSPS) is 55.8. The van der Waals surface area contributed by atoms with Crippen LogP contribution < -0.4 is 0 Å². The number of hydrogen-bond donors (Lipinski definition) is 1. The fraction of sp³-hybridized carbons (Fsp3) is 0.818. The maximum absolute atomic E-state index is 9.96. The van der Waals surface area contributed by atoms with Crippen LogP contribution in [-0.2, 0) is 0 Å². The highest BCUT2D eigenvalue weighted by atomic mass is 16.3. The second-order valence-electron chi connectivity index (χ2n) is 4.90. The molecule has 3 aliphatic rings. The van der Waals surface area contributed by atoms with Gasteiger partial charge in [0.25, 0.3) is 0 Å². The minimum absolute atomic E-state index is 0.00236. The predicted octanol–water partition coefficient (Wildman–Crippen LogP) is 1.97. The third kappa shape index (κ3) is 0.731. The fourth-order valence-electron chi connectivity index (χ4n) is 3.64. The summed E-state index contributed by atoms with van der Waals surface area (Å²) in [5.41, 5.74) is 1.55. The van der Waals surface area contributed by atoms with Gasteiger partial charge in [-0.1, -0.05) is 11.6 Å². The Morgan fingerprint density at radius 2 is 2.00 bits per heavy atom. The van der Waals surface area contributed by atoms with Crippen molar-refractivity contribution < 1.29 is 5.11 Å². The SMILES string of the molecule is CC1=CC2C3CC1CC(C3)C2O. The molecule has 3 rings (SSSR count). The predicted molar refractivity (Wildman–Crippen MR) is 47.6 cm³/mol. The fourth-order valence-corrected chi connectivity index (χ4v) is 3.64. The van der Waals surface area contributed by atoms with Crippen LogP contribution in [0.4, 0.5) is 0 Å². The summed E-state index contributed by atoms with van der Waals surface area (Å²) in [6, 6.07) is 0. The van der Waals surface area contributed by atoms with Crippen molar-refractivity contribution in [1.82, 2.24) is 0 Å². The molecule has 1 heteroatoms. The average molecular weight is 164 g/mol. The van der Waals surface area contributed by atoms with Gasteiger partial charge in [0.15, 0.2) is 0 Å². The van der Waals surface area contributed by atoms with E-state index in [9.17, 15) is 5.11 Å². The molecule has 12 heavy (non-hydrogen) atoms. The second kappa shape index (κ2) is 2.14. The van der Waals surface area contributed by atoms with Gasteiger partial charge in [-0.25, -0.2) is 0 Å². The lowest BCUT2D eigenvalue weighted by Gasteiger charge is -2.32. The summed E-state index contributed by atoms with van der Waals surface area (Å²) in [6.45, 7) is 2.24. The maximum Gasteiger partial charge on any atom is 0.0634 e. The van der Waals surface area contributed by atoms with E-state index in [0.29, 0.717) is 11.8 Å². The second-order valence-corrected chi connectivity index (χ2v) is 4.90. The third-order valence-corrected chi connectivity index (χ3v) is 4.30. The van der Waals surface area contributed by atoms with Gasteiger partial charge in [0.05, 0.1) is 6.10 Å². The van der Waals surface area contributed by atoms with Crippen molar-refractivity contribution in [2.75, 3.05) is 0 Å². The Kier molecular flexibility index (Phi) is 1.27. The number of aliphatic hydroxyl groups excluding tert-OH is 1. The lowest BCUT2D eigenvalue weighted by atomic mass is 9.73. The van der Waals surface area contributed by atoms with E-state index in [2.05, 4.69) is 13.0 Å². The van der Waals surface area contributed by atoms with Crippen molar-refractivity contribution >= 4 is 0 Å².